The molecule has 1 aromatic heterocycles. The summed E-state index contributed by atoms with van der Waals surface area (Å²) >= 11 is 0. The van der Waals surface area contributed by atoms with Crippen molar-refractivity contribution in [2.24, 2.45) is 0 Å². The van der Waals surface area contributed by atoms with Gasteiger partial charge in [-0.05, 0) is 35.7 Å². The van der Waals surface area contributed by atoms with Gasteiger partial charge in [-0.1, -0.05) is 30.3 Å². The number of hydrogen-bond acceptors (Lipinski definition) is 2. The second-order valence-corrected chi connectivity index (χ2v) is 5.04. The molecule has 0 amide bonds. The Kier molecular flexibility index (Phi) is 3.53. The summed E-state index contributed by atoms with van der Waals surface area (Å²) in [5.74, 6) is 0. The molecule has 0 aliphatic heterocycles. The Bertz CT molecular complexity index is 796. The van der Waals surface area contributed by atoms with Gasteiger partial charge in [-0.25, -0.2) is 4.98 Å². The molecule has 0 saturated heterocycles. The SMILES string of the molecule is Cc1ccccc1-c1cc(Cn2ccnc2)ccc1C#N. The number of nitriles is 1. The monoisotopic (exact) mass is 273 g/mol. The van der Waals surface area contributed by atoms with Crippen LogP contribution in [0.2, 0.25) is 0 Å². The van der Waals surface area contributed by atoms with Gasteiger partial charge in [0.15, 0.2) is 0 Å². The van der Waals surface area contributed by atoms with Crippen LogP contribution in [0.1, 0.15) is 16.7 Å². The fourth-order valence-electron chi connectivity index (χ4n) is 2.48. The van der Waals surface area contributed by atoms with Crippen LogP contribution < -0.4 is 0 Å². The second kappa shape index (κ2) is 5.64. The fraction of sp³-hybridized carbons (Fsp3) is 0.111. The Morgan fingerprint density at radius 2 is 2.00 bits per heavy atom. The van der Waals surface area contributed by atoms with Crippen LogP contribution in [0, 0.1) is 18.3 Å². The summed E-state index contributed by atoms with van der Waals surface area (Å²) in [7, 11) is 0. The van der Waals surface area contributed by atoms with E-state index < -0.39 is 0 Å². The predicted molar refractivity (Wildman–Crippen MR) is 82.7 cm³/mol. The van der Waals surface area contributed by atoms with Gasteiger partial charge in [0.05, 0.1) is 18.0 Å². The van der Waals surface area contributed by atoms with Gasteiger partial charge < -0.3 is 4.57 Å². The molecule has 2 aromatic carbocycles. The molecule has 0 fully saturated rings. The number of aromatic nitrogens is 2. The van der Waals surface area contributed by atoms with E-state index in [-0.39, 0.29) is 0 Å². The van der Waals surface area contributed by atoms with Crippen LogP contribution in [0.3, 0.4) is 0 Å². The van der Waals surface area contributed by atoms with Crippen molar-refractivity contribution in [3.63, 3.8) is 0 Å². The Morgan fingerprint density at radius 1 is 1.14 bits per heavy atom. The Morgan fingerprint density at radius 3 is 2.71 bits per heavy atom. The van der Waals surface area contributed by atoms with Crippen molar-refractivity contribution < 1.29 is 0 Å². The van der Waals surface area contributed by atoms with Gasteiger partial charge in [0.1, 0.15) is 0 Å². The maximum atomic E-state index is 9.35. The van der Waals surface area contributed by atoms with Crippen molar-refractivity contribution in [2.45, 2.75) is 13.5 Å². The number of rotatable bonds is 3. The lowest BCUT2D eigenvalue weighted by Crippen LogP contribution is -1.98. The first kappa shape index (κ1) is 13.1. The van der Waals surface area contributed by atoms with E-state index in [1.807, 2.05) is 35.0 Å². The summed E-state index contributed by atoms with van der Waals surface area (Å²) < 4.78 is 2.02. The molecule has 3 aromatic rings. The number of aryl methyl sites for hydroxylation is 1. The molecule has 0 unspecified atom stereocenters. The highest BCUT2D eigenvalue weighted by Gasteiger charge is 2.08. The van der Waals surface area contributed by atoms with E-state index in [9.17, 15) is 5.26 Å². The molecule has 1 heterocycles. The van der Waals surface area contributed by atoms with Crippen LogP contribution in [0.5, 0.6) is 0 Å². The first-order chi connectivity index (χ1) is 10.3. The maximum Gasteiger partial charge on any atom is 0.0998 e. The third-order valence-electron chi connectivity index (χ3n) is 3.56. The molecule has 0 saturated carbocycles. The van der Waals surface area contributed by atoms with E-state index in [1.165, 1.54) is 5.56 Å². The lowest BCUT2D eigenvalue weighted by molar-refractivity contribution is 0.797. The molecular formula is C18H15N3. The van der Waals surface area contributed by atoms with Crippen molar-refractivity contribution in [3.05, 3.63) is 77.9 Å². The summed E-state index contributed by atoms with van der Waals surface area (Å²) in [6.45, 7) is 2.82. The summed E-state index contributed by atoms with van der Waals surface area (Å²) in [6.07, 6.45) is 5.50. The minimum absolute atomic E-state index is 0.707. The molecular weight excluding hydrogens is 258 g/mol. The van der Waals surface area contributed by atoms with E-state index in [0.717, 1.165) is 23.2 Å². The average molecular weight is 273 g/mol. The van der Waals surface area contributed by atoms with E-state index in [1.54, 1.807) is 12.5 Å². The third kappa shape index (κ3) is 2.70. The molecule has 3 nitrogen and oxygen atoms in total. The van der Waals surface area contributed by atoms with Gasteiger partial charge in [0.25, 0.3) is 0 Å². The minimum Gasteiger partial charge on any atom is -0.333 e. The molecule has 0 aliphatic rings. The molecule has 0 radical (unpaired) electrons. The normalized spacial score (nSPS) is 10.3. The van der Waals surface area contributed by atoms with E-state index in [4.69, 9.17) is 0 Å². The number of nitrogens with zero attached hydrogens (tertiary/aromatic N) is 3. The standard InChI is InChI=1S/C18H15N3/c1-14-4-2-3-5-17(14)18-10-15(6-7-16(18)11-19)12-21-9-8-20-13-21/h2-10,13H,12H2,1H3. The third-order valence-corrected chi connectivity index (χ3v) is 3.56. The van der Waals surface area contributed by atoms with Gasteiger partial charge in [-0.2, -0.15) is 5.26 Å². The maximum absolute atomic E-state index is 9.35. The van der Waals surface area contributed by atoms with E-state index >= 15 is 0 Å². The fourth-order valence-corrected chi connectivity index (χ4v) is 2.48. The van der Waals surface area contributed by atoms with E-state index in [0.29, 0.717) is 5.56 Å². The van der Waals surface area contributed by atoms with Crippen LogP contribution in [-0.4, -0.2) is 9.55 Å². The Labute approximate surface area is 124 Å². The highest BCUT2D eigenvalue weighted by Crippen LogP contribution is 2.27. The zero-order chi connectivity index (χ0) is 14.7. The Balaban J connectivity index is 2.06. The molecule has 3 rings (SSSR count). The van der Waals surface area contributed by atoms with Crippen LogP contribution >= 0.6 is 0 Å². The van der Waals surface area contributed by atoms with Gasteiger partial charge in [-0.3, -0.25) is 0 Å². The zero-order valence-corrected chi connectivity index (χ0v) is 11.8. The zero-order valence-electron chi connectivity index (χ0n) is 11.8. The quantitative estimate of drug-likeness (QED) is 0.728. The molecule has 0 spiro atoms. The highest BCUT2D eigenvalue weighted by atomic mass is 15.0. The first-order valence-corrected chi connectivity index (χ1v) is 6.82. The molecule has 0 atom stereocenters. The molecule has 102 valence electrons. The molecule has 0 bridgehead atoms. The van der Waals surface area contributed by atoms with Crippen LogP contribution in [0.15, 0.2) is 61.2 Å². The number of hydrogen-bond donors (Lipinski definition) is 0. The minimum atomic E-state index is 0.707. The van der Waals surface area contributed by atoms with Gasteiger partial charge in [0, 0.05) is 24.5 Å². The van der Waals surface area contributed by atoms with Crippen molar-refractivity contribution in [3.8, 4) is 17.2 Å². The summed E-state index contributed by atoms with van der Waals surface area (Å²) in [4.78, 5) is 4.06. The van der Waals surface area contributed by atoms with Crippen LogP contribution in [0.25, 0.3) is 11.1 Å². The Hall–Kier alpha value is -2.86. The van der Waals surface area contributed by atoms with Crippen molar-refractivity contribution in [1.29, 1.82) is 5.26 Å². The van der Waals surface area contributed by atoms with Crippen molar-refractivity contribution >= 4 is 0 Å². The van der Waals surface area contributed by atoms with Gasteiger partial charge in [0.2, 0.25) is 0 Å². The smallest absolute Gasteiger partial charge is 0.0998 e. The largest absolute Gasteiger partial charge is 0.333 e. The molecule has 3 heteroatoms. The average Bonchev–Trinajstić information content (AvgIpc) is 3.01. The molecule has 21 heavy (non-hydrogen) atoms. The highest BCUT2D eigenvalue weighted by molar-refractivity contribution is 5.73. The topological polar surface area (TPSA) is 41.6 Å². The van der Waals surface area contributed by atoms with Crippen molar-refractivity contribution in [2.75, 3.05) is 0 Å². The predicted octanol–water partition coefficient (Wildman–Crippen LogP) is 3.78. The number of benzene rings is 2. The lowest BCUT2D eigenvalue weighted by atomic mass is 9.94. The number of imidazole rings is 1. The first-order valence-electron chi connectivity index (χ1n) is 6.82. The van der Waals surface area contributed by atoms with Gasteiger partial charge >= 0.3 is 0 Å². The van der Waals surface area contributed by atoms with Gasteiger partial charge in [-0.15, -0.1) is 0 Å². The molecule has 0 aliphatic carbocycles. The lowest BCUT2D eigenvalue weighted by Gasteiger charge is -2.10. The van der Waals surface area contributed by atoms with Crippen LogP contribution in [0.4, 0.5) is 0 Å². The molecule has 0 N–H and O–H groups in total. The summed E-state index contributed by atoms with van der Waals surface area (Å²) in [6, 6.07) is 16.4. The van der Waals surface area contributed by atoms with Crippen LogP contribution in [-0.2, 0) is 6.54 Å². The van der Waals surface area contributed by atoms with E-state index in [2.05, 4.69) is 36.2 Å². The van der Waals surface area contributed by atoms with Crippen molar-refractivity contribution in [1.82, 2.24) is 9.55 Å². The summed E-state index contributed by atoms with van der Waals surface area (Å²) in [5.41, 5.74) is 5.15. The summed E-state index contributed by atoms with van der Waals surface area (Å²) in [5, 5.41) is 9.35. The second-order valence-electron chi connectivity index (χ2n) is 5.04.